The third-order valence-electron chi connectivity index (χ3n) is 4.06. The molecule has 2 aromatic carbocycles. The first kappa shape index (κ1) is 20.8. The molecular formula is C20H26N2O4S. The van der Waals surface area contributed by atoms with Crippen molar-refractivity contribution in [1.82, 2.24) is 0 Å². The van der Waals surface area contributed by atoms with Gasteiger partial charge in [0.15, 0.2) is 0 Å². The molecule has 2 aromatic rings. The molecule has 0 aliphatic carbocycles. The van der Waals surface area contributed by atoms with Crippen molar-refractivity contribution in [2.45, 2.75) is 33.2 Å². The molecule has 0 aliphatic heterocycles. The van der Waals surface area contributed by atoms with E-state index in [4.69, 9.17) is 4.74 Å². The normalized spacial score (nSPS) is 12.3. The number of benzene rings is 2. The number of para-hydroxylation sites is 2. The monoisotopic (exact) mass is 390 g/mol. The number of carbonyl (C=O) groups is 1. The summed E-state index contributed by atoms with van der Waals surface area (Å²) in [5, 5.41) is 2.81. The van der Waals surface area contributed by atoms with Gasteiger partial charge in [0.2, 0.25) is 15.9 Å². The van der Waals surface area contributed by atoms with Gasteiger partial charge in [0.25, 0.3) is 0 Å². The Morgan fingerprint density at radius 3 is 2.30 bits per heavy atom. The minimum Gasteiger partial charge on any atom is -0.492 e. The Balaban J connectivity index is 2.37. The summed E-state index contributed by atoms with van der Waals surface area (Å²) in [4.78, 5) is 13.0. The molecule has 0 bridgehead atoms. The maximum absolute atomic E-state index is 13.0. The molecule has 146 valence electrons. The number of carbonyl (C=O) groups excluding carboxylic acids is 1. The number of nitrogens with zero attached hydrogens (tertiary/aromatic N) is 1. The lowest BCUT2D eigenvalue weighted by Gasteiger charge is -2.30. The number of anilines is 2. The molecule has 0 spiro atoms. The molecule has 0 unspecified atom stereocenters. The Morgan fingerprint density at radius 2 is 1.74 bits per heavy atom. The van der Waals surface area contributed by atoms with E-state index >= 15 is 0 Å². The highest BCUT2D eigenvalue weighted by Gasteiger charge is 2.31. The van der Waals surface area contributed by atoms with Crippen molar-refractivity contribution in [3.8, 4) is 5.75 Å². The fraction of sp³-hybridized carbons (Fsp3) is 0.350. The first-order chi connectivity index (χ1) is 12.8. The number of nitrogens with one attached hydrogen (secondary N) is 1. The van der Waals surface area contributed by atoms with Crippen LogP contribution in [0.2, 0.25) is 0 Å². The molecule has 1 amide bonds. The largest absolute Gasteiger partial charge is 0.492 e. The molecule has 0 saturated carbocycles. The highest BCUT2D eigenvalue weighted by atomic mass is 32.2. The van der Waals surface area contributed by atoms with Gasteiger partial charge in [-0.25, -0.2) is 8.42 Å². The molecule has 0 aliphatic rings. The average molecular weight is 391 g/mol. The number of aryl methyl sites for hydroxylation is 1. The van der Waals surface area contributed by atoms with Crippen molar-refractivity contribution >= 4 is 27.3 Å². The summed E-state index contributed by atoms with van der Waals surface area (Å²) < 4.78 is 31.6. The maximum atomic E-state index is 13.0. The van der Waals surface area contributed by atoms with Gasteiger partial charge in [0, 0.05) is 0 Å². The average Bonchev–Trinajstić information content (AvgIpc) is 2.61. The van der Waals surface area contributed by atoms with E-state index in [0.717, 1.165) is 11.8 Å². The smallest absolute Gasteiger partial charge is 0.248 e. The van der Waals surface area contributed by atoms with Crippen LogP contribution in [0.25, 0.3) is 0 Å². The van der Waals surface area contributed by atoms with Crippen LogP contribution in [-0.4, -0.2) is 33.2 Å². The van der Waals surface area contributed by atoms with Crippen molar-refractivity contribution in [2.24, 2.45) is 0 Å². The van der Waals surface area contributed by atoms with Crippen LogP contribution in [0, 0.1) is 6.92 Å². The van der Waals surface area contributed by atoms with Gasteiger partial charge in [-0.15, -0.1) is 0 Å². The van der Waals surface area contributed by atoms with Gasteiger partial charge in [-0.3, -0.25) is 9.10 Å². The molecule has 2 rings (SSSR count). The van der Waals surface area contributed by atoms with Crippen LogP contribution >= 0.6 is 0 Å². The van der Waals surface area contributed by atoms with E-state index in [2.05, 4.69) is 5.32 Å². The predicted molar refractivity (Wildman–Crippen MR) is 109 cm³/mol. The van der Waals surface area contributed by atoms with E-state index < -0.39 is 22.0 Å². The number of ether oxygens (including phenoxy) is 1. The second-order valence-corrected chi connectivity index (χ2v) is 8.10. The summed E-state index contributed by atoms with van der Waals surface area (Å²) >= 11 is 0. The molecule has 1 atom stereocenters. The zero-order valence-corrected chi connectivity index (χ0v) is 16.9. The molecular weight excluding hydrogens is 364 g/mol. The maximum Gasteiger partial charge on any atom is 0.248 e. The Morgan fingerprint density at radius 1 is 1.11 bits per heavy atom. The van der Waals surface area contributed by atoms with Gasteiger partial charge in [-0.1, -0.05) is 36.8 Å². The number of sulfonamides is 1. The molecule has 0 radical (unpaired) electrons. The Kier molecular flexibility index (Phi) is 6.85. The van der Waals surface area contributed by atoms with Crippen LogP contribution in [0.15, 0.2) is 48.5 Å². The third-order valence-corrected chi connectivity index (χ3v) is 5.24. The SMILES string of the molecule is CCOc1ccccc1NC(=O)[C@H](CC)N(c1ccc(C)cc1)S(C)(=O)=O. The summed E-state index contributed by atoms with van der Waals surface area (Å²) in [6.45, 7) is 6.02. The minimum absolute atomic E-state index is 0.323. The lowest BCUT2D eigenvalue weighted by Crippen LogP contribution is -2.47. The van der Waals surface area contributed by atoms with E-state index in [9.17, 15) is 13.2 Å². The minimum atomic E-state index is -3.66. The van der Waals surface area contributed by atoms with E-state index in [1.807, 2.05) is 32.0 Å². The van der Waals surface area contributed by atoms with Gasteiger partial charge < -0.3 is 10.1 Å². The van der Waals surface area contributed by atoms with Crippen molar-refractivity contribution < 1.29 is 17.9 Å². The van der Waals surface area contributed by atoms with Crippen LogP contribution in [-0.2, 0) is 14.8 Å². The molecule has 7 heteroatoms. The molecule has 0 saturated heterocycles. The third kappa shape index (κ3) is 5.23. The van der Waals surface area contributed by atoms with E-state index in [1.54, 1.807) is 37.3 Å². The summed E-state index contributed by atoms with van der Waals surface area (Å²) in [6, 6.07) is 13.3. The highest BCUT2D eigenvalue weighted by Crippen LogP contribution is 2.27. The van der Waals surface area contributed by atoms with E-state index in [1.165, 1.54) is 4.31 Å². The molecule has 6 nitrogen and oxygen atoms in total. The second kappa shape index (κ2) is 8.90. The fourth-order valence-electron chi connectivity index (χ4n) is 2.82. The van der Waals surface area contributed by atoms with Crippen molar-refractivity contribution in [2.75, 3.05) is 22.5 Å². The molecule has 27 heavy (non-hydrogen) atoms. The topological polar surface area (TPSA) is 75.7 Å². The van der Waals surface area contributed by atoms with Crippen LogP contribution in [0.3, 0.4) is 0 Å². The number of hydrogen-bond acceptors (Lipinski definition) is 4. The molecule has 0 aromatic heterocycles. The summed E-state index contributed by atoms with van der Waals surface area (Å²) in [6.07, 6.45) is 1.43. The van der Waals surface area contributed by atoms with Crippen molar-refractivity contribution in [3.63, 3.8) is 0 Å². The molecule has 1 N–H and O–H groups in total. The van der Waals surface area contributed by atoms with Gasteiger partial charge in [0.05, 0.1) is 24.2 Å². The van der Waals surface area contributed by atoms with E-state index in [-0.39, 0.29) is 0 Å². The lowest BCUT2D eigenvalue weighted by atomic mass is 10.1. The quantitative estimate of drug-likeness (QED) is 0.748. The predicted octanol–water partition coefficient (Wildman–Crippen LogP) is 3.58. The van der Waals surface area contributed by atoms with Crippen LogP contribution in [0.4, 0.5) is 11.4 Å². The van der Waals surface area contributed by atoms with Gasteiger partial charge in [-0.2, -0.15) is 0 Å². The van der Waals surface area contributed by atoms with Crippen molar-refractivity contribution in [3.05, 3.63) is 54.1 Å². The van der Waals surface area contributed by atoms with Gasteiger partial charge in [0.1, 0.15) is 11.8 Å². The zero-order chi connectivity index (χ0) is 20.0. The zero-order valence-electron chi connectivity index (χ0n) is 16.1. The number of hydrogen-bond donors (Lipinski definition) is 1. The number of rotatable bonds is 8. The Hall–Kier alpha value is -2.54. The first-order valence-corrected chi connectivity index (χ1v) is 10.7. The molecule has 0 fully saturated rings. The fourth-order valence-corrected chi connectivity index (χ4v) is 4.03. The van der Waals surface area contributed by atoms with E-state index in [0.29, 0.717) is 30.2 Å². The second-order valence-electron chi connectivity index (χ2n) is 6.24. The lowest BCUT2D eigenvalue weighted by molar-refractivity contribution is -0.117. The first-order valence-electron chi connectivity index (χ1n) is 8.86. The molecule has 0 heterocycles. The highest BCUT2D eigenvalue weighted by molar-refractivity contribution is 7.92. The van der Waals surface area contributed by atoms with Crippen molar-refractivity contribution in [1.29, 1.82) is 0 Å². The summed E-state index contributed by atoms with van der Waals surface area (Å²) in [5.74, 6) is 0.139. The van der Waals surface area contributed by atoms with Gasteiger partial charge in [-0.05, 0) is 44.5 Å². The Bertz CT molecular complexity index is 879. The van der Waals surface area contributed by atoms with Crippen LogP contribution < -0.4 is 14.4 Å². The standard InChI is InChI=1S/C20H26N2O4S/c1-5-18(20(23)21-17-9-7-8-10-19(17)26-6-2)22(27(4,24)25)16-13-11-15(3)12-14-16/h7-14,18H,5-6H2,1-4H3,(H,21,23)/t18-/m0/s1. The summed E-state index contributed by atoms with van der Waals surface area (Å²) in [7, 11) is -3.66. The van der Waals surface area contributed by atoms with Crippen LogP contribution in [0.5, 0.6) is 5.75 Å². The van der Waals surface area contributed by atoms with Crippen LogP contribution in [0.1, 0.15) is 25.8 Å². The summed E-state index contributed by atoms with van der Waals surface area (Å²) in [5.41, 5.74) is 1.98. The van der Waals surface area contributed by atoms with Gasteiger partial charge >= 0.3 is 0 Å². The Labute approximate surface area is 161 Å². The number of amides is 1.